The van der Waals surface area contributed by atoms with Gasteiger partial charge in [0, 0.05) is 24.6 Å². The lowest BCUT2D eigenvalue weighted by Gasteiger charge is -2.14. The van der Waals surface area contributed by atoms with E-state index in [1.165, 1.54) is 18.1 Å². The first kappa shape index (κ1) is 18.8. The predicted molar refractivity (Wildman–Crippen MR) is 96.8 cm³/mol. The fourth-order valence-corrected chi connectivity index (χ4v) is 2.83. The molecule has 0 heterocycles. The van der Waals surface area contributed by atoms with Crippen molar-refractivity contribution in [1.82, 2.24) is 4.90 Å². The van der Waals surface area contributed by atoms with E-state index in [1.807, 2.05) is 0 Å². The SMILES string of the molecule is COc1ccc(C(=O)N(C)C)cc1NC(=O)CSc1ccccc1F. The summed E-state index contributed by atoms with van der Waals surface area (Å²) in [4.78, 5) is 26.1. The highest BCUT2D eigenvalue weighted by Crippen LogP contribution is 2.27. The second-order valence-electron chi connectivity index (χ2n) is 5.38. The summed E-state index contributed by atoms with van der Waals surface area (Å²) in [6.07, 6.45) is 0. The highest BCUT2D eigenvalue weighted by Gasteiger charge is 2.14. The van der Waals surface area contributed by atoms with E-state index in [2.05, 4.69) is 5.32 Å². The van der Waals surface area contributed by atoms with Gasteiger partial charge in [0.05, 0.1) is 18.6 Å². The minimum absolute atomic E-state index is 0.0376. The zero-order chi connectivity index (χ0) is 18.4. The Kier molecular flexibility index (Phi) is 6.41. The average Bonchev–Trinajstić information content (AvgIpc) is 2.60. The van der Waals surface area contributed by atoms with Gasteiger partial charge in [0.25, 0.3) is 5.91 Å². The fourth-order valence-electron chi connectivity index (χ4n) is 2.09. The van der Waals surface area contributed by atoms with Gasteiger partial charge in [0.2, 0.25) is 5.91 Å². The first-order valence-electron chi connectivity index (χ1n) is 7.49. The number of nitrogens with zero attached hydrogens (tertiary/aromatic N) is 1. The second kappa shape index (κ2) is 8.53. The van der Waals surface area contributed by atoms with E-state index in [-0.39, 0.29) is 23.4 Å². The average molecular weight is 362 g/mol. The lowest BCUT2D eigenvalue weighted by Crippen LogP contribution is -2.22. The van der Waals surface area contributed by atoms with Crippen LogP contribution in [0.25, 0.3) is 0 Å². The van der Waals surface area contributed by atoms with E-state index in [4.69, 9.17) is 4.74 Å². The summed E-state index contributed by atoms with van der Waals surface area (Å²) in [6, 6.07) is 11.1. The van der Waals surface area contributed by atoms with E-state index in [1.54, 1.807) is 50.5 Å². The number of benzene rings is 2. The van der Waals surface area contributed by atoms with Crippen molar-refractivity contribution in [3.63, 3.8) is 0 Å². The fraction of sp³-hybridized carbons (Fsp3) is 0.222. The Bertz CT molecular complexity index is 781. The smallest absolute Gasteiger partial charge is 0.253 e. The molecule has 5 nitrogen and oxygen atoms in total. The Morgan fingerprint density at radius 2 is 1.92 bits per heavy atom. The lowest BCUT2D eigenvalue weighted by atomic mass is 10.1. The number of hydrogen-bond donors (Lipinski definition) is 1. The van der Waals surface area contributed by atoms with Crippen LogP contribution in [0.15, 0.2) is 47.4 Å². The van der Waals surface area contributed by atoms with Crippen molar-refractivity contribution < 1.29 is 18.7 Å². The normalized spacial score (nSPS) is 10.2. The first-order chi connectivity index (χ1) is 11.9. The van der Waals surface area contributed by atoms with E-state index in [0.29, 0.717) is 21.9 Å². The van der Waals surface area contributed by atoms with Crippen LogP contribution < -0.4 is 10.1 Å². The summed E-state index contributed by atoms with van der Waals surface area (Å²) in [6.45, 7) is 0. The molecule has 0 spiro atoms. The molecule has 0 bridgehead atoms. The third-order valence-electron chi connectivity index (χ3n) is 3.32. The Morgan fingerprint density at radius 3 is 2.56 bits per heavy atom. The largest absolute Gasteiger partial charge is 0.495 e. The molecule has 132 valence electrons. The van der Waals surface area contributed by atoms with Gasteiger partial charge in [-0.05, 0) is 30.3 Å². The molecule has 0 aliphatic heterocycles. The number of hydrogen-bond acceptors (Lipinski definition) is 4. The number of methoxy groups -OCH3 is 1. The quantitative estimate of drug-likeness (QED) is 0.802. The van der Waals surface area contributed by atoms with Crippen LogP contribution in [0.1, 0.15) is 10.4 Å². The van der Waals surface area contributed by atoms with Gasteiger partial charge in [-0.1, -0.05) is 12.1 Å². The van der Waals surface area contributed by atoms with E-state index in [0.717, 1.165) is 11.8 Å². The van der Waals surface area contributed by atoms with Gasteiger partial charge in [-0.2, -0.15) is 0 Å². The summed E-state index contributed by atoms with van der Waals surface area (Å²) in [5, 5.41) is 2.71. The van der Waals surface area contributed by atoms with Crippen LogP contribution >= 0.6 is 11.8 Å². The standard InChI is InChI=1S/C18H19FN2O3S/c1-21(2)18(23)12-8-9-15(24-3)14(10-12)20-17(22)11-25-16-7-5-4-6-13(16)19/h4-10H,11H2,1-3H3,(H,20,22). The van der Waals surface area contributed by atoms with Gasteiger partial charge in [0.1, 0.15) is 11.6 Å². The number of anilines is 1. The summed E-state index contributed by atoms with van der Waals surface area (Å²) >= 11 is 1.10. The van der Waals surface area contributed by atoms with Crippen LogP contribution in [0.3, 0.4) is 0 Å². The molecule has 2 aromatic rings. The predicted octanol–water partition coefficient (Wildman–Crippen LogP) is 3.27. The summed E-state index contributed by atoms with van der Waals surface area (Å²) in [5.74, 6) is -0.383. The highest BCUT2D eigenvalue weighted by molar-refractivity contribution is 8.00. The van der Waals surface area contributed by atoms with Crippen LogP contribution in [0.5, 0.6) is 5.75 Å². The van der Waals surface area contributed by atoms with Crippen LogP contribution in [-0.4, -0.2) is 43.7 Å². The zero-order valence-electron chi connectivity index (χ0n) is 14.2. The summed E-state index contributed by atoms with van der Waals surface area (Å²) in [7, 11) is 4.78. The minimum atomic E-state index is -0.364. The molecule has 7 heteroatoms. The molecule has 0 saturated heterocycles. The molecule has 25 heavy (non-hydrogen) atoms. The van der Waals surface area contributed by atoms with Gasteiger partial charge in [-0.15, -0.1) is 11.8 Å². The number of carbonyl (C=O) groups excluding carboxylic acids is 2. The van der Waals surface area contributed by atoms with Crippen molar-refractivity contribution in [3.8, 4) is 5.75 Å². The molecule has 1 N–H and O–H groups in total. The number of carbonyl (C=O) groups is 2. The van der Waals surface area contributed by atoms with Gasteiger partial charge in [-0.25, -0.2) is 4.39 Å². The van der Waals surface area contributed by atoms with Crippen molar-refractivity contribution >= 4 is 29.3 Å². The monoisotopic (exact) mass is 362 g/mol. The van der Waals surface area contributed by atoms with Crippen LogP contribution in [0.4, 0.5) is 10.1 Å². The van der Waals surface area contributed by atoms with Gasteiger partial charge >= 0.3 is 0 Å². The number of halogens is 1. The van der Waals surface area contributed by atoms with E-state index >= 15 is 0 Å². The molecule has 0 aliphatic carbocycles. The second-order valence-corrected chi connectivity index (χ2v) is 6.40. The number of rotatable bonds is 6. The number of nitrogens with one attached hydrogen (secondary N) is 1. The van der Waals surface area contributed by atoms with Crippen molar-refractivity contribution in [1.29, 1.82) is 0 Å². The molecule has 0 aliphatic rings. The van der Waals surface area contributed by atoms with Crippen molar-refractivity contribution in [2.45, 2.75) is 4.90 Å². The Balaban J connectivity index is 2.09. The summed E-state index contributed by atoms with van der Waals surface area (Å²) in [5.41, 5.74) is 0.831. The first-order valence-corrected chi connectivity index (χ1v) is 8.47. The zero-order valence-corrected chi connectivity index (χ0v) is 15.0. The van der Waals surface area contributed by atoms with Crippen LogP contribution in [-0.2, 0) is 4.79 Å². The number of ether oxygens (including phenoxy) is 1. The maximum absolute atomic E-state index is 13.6. The van der Waals surface area contributed by atoms with E-state index in [9.17, 15) is 14.0 Å². The molecular weight excluding hydrogens is 343 g/mol. The molecule has 2 amide bonds. The Morgan fingerprint density at radius 1 is 1.20 bits per heavy atom. The van der Waals surface area contributed by atoms with Gasteiger partial charge < -0.3 is 15.0 Å². The van der Waals surface area contributed by atoms with E-state index < -0.39 is 0 Å². The molecule has 0 radical (unpaired) electrons. The van der Waals surface area contributed by atoms with Crippen molar-refractivity contribution in [2.75, 3.05) is 32.3 Å². The van der Waals surface area contributed by atoms with Crippen LogP contribution in [0, 0.1) is 5.82 Å². The van der Waals surface area contributed by atoms with Crippen molar-refractivity contribution in [2.24, 2.45) is 0 Å². The molecule has 2 aromatic carbocycles. The molecular formula is C18H19FN2O3S. The summed E-state index contributed by atoms with van der Waals surface area (Å²) < 4.78 is 18.8. The molecule has 0 saturated carbocycles. The molecule has 0 fully saturated rings. The number of thioether (sulfide) groups is 1. The Hall–Kier alpha value is -2.54. The van der Waals surface area contributed by atoms with Gasteiger partial charge in [-0.3, -0.25) is 9.59 Å². The maximum Gasteiger partial charge on any atom is 0.253 e. The van der Waals surface area contributed by atoms with Crippen molar-refractivity contribution in [3.05, 3.63) is 53.8 Å². The van der Waals surface area contributed by atoms with Crippen LogP contribution in [0.2, 0.25) is 0 Å². The topological polar surface area (TPSA) is 58.6 Å². The third-order valence-corrected chi connectivity index (χ3v) is 4.37. The Labute approximate surface area is 150 Å². The molecule has 0 unspecified atom stereocenters. The lowest BCUT2D eigenvalue weighted by molar-refractivity contribution is -0.113. The third kappa shape index (κ3) is 4.96. The number of amides is 2. The molecule has 0 aromatic heterocycles. The highest BCUT2D eigenvalue weighted by atomic mass is 32.2. The minimum Gasteiger partial charge on any atom is -0.495 e. The molecule has 0 atom stereocenters. The van der Waals surface area contributed by atoms with Gasteiger partial charge in [0.15, 0.2) is 0 Å². The molecule has 2 rings (SSSR count). The maximum atomic E-state index is 13.6.